The minimum Gasteiger partial charge on any atom is -0.438 e. The van der Waals surface area contributed by atoms with Crippen LogP contribution < -0.4 is 0 Å². The zero-order valence-electron chi connectivity index (χ0n) is 21.2. The summed E-state index contributed by atoms with van der Waals surface area (Å²) in [7, 11) is 5.70. The van der Waals surface area contributed by atoms with Gasteiger partial charge in [-0.15, -0.1) is 0 Å². The third kappa shape index (κ3) is 6.41. The number of rotatable bonds is 10. The average molecular weight is 510 g/mol. The van der Waals surface area contributed by atoms with E-state index in [-0.39, 0.29) is 6.04 Å². The zero-order chi connectivity index (χ0) is 24.7. The number of benzene rings is 1. The van der Waals surface area contributed by atoms with Crippen molar-refractivity contribution in [1.29, 1.82) is 0 Å². The van der Waals surface area contributed by atoms with Gasteiger partial charge >= 0.3 is 6.16 Å². The first-order valence-corrected chi connectivity index (χ1v) is 14.1. The number of carbonyl (C=O) groups is 1. The number of halogens is 1. The van der Waals surface area contributed by atoms with Crippen molar-refractivity contribution < 1.29 is 14.3 Å². The number of aliphatic imine (C=N–C) groups is 1. The van der Waals surface area contributed by atoms with Crippen molar-refractivity contribution in [2.75, 3.05) is 39.8 Å². The number of carbonyl (C=O) groups excluding carboxylic acids is 1. The SMILES string of the molecule is CCCN1C=NC(CSC)(OC(=O)OC)C1CC1CCC(C(c2ccc(Cl)cc2)N(C)C)CC1. The number of ether oxygens (including phenoxy) is 2. The smallest absolute Gasteiger partial charge is 0.438 e. The van der Waals surface area contributed by atoms with Gasteiger partial charge in [0.1, 0.15) is 0 Å². The number of hydrogen-bond acceptors (Lipinski definition) is 7. The number of hydrogen-bond donors (Lipinski definition) is 0. The van der Waals surface area contributed by atoms with Crippen LogP contribution in [0.2, 0.25) is 5.02 Å². The Morgan fingerprint density at radius 3 is 2.50 bits per heavy atom. The fourth-order valence-electron chi connectivity index (χ4n) is 5.75. The molecule has 0 aromatic heterocycles. The topological polar surface area (TPSA) is 54.4 Å². The van der Waals surface area contributed by atoms with Gasteiger partial charge in [0.05, 0.1) is 25.2 Å². The van der Waals surface area contributed by atoms with E-state index in [0.29, 0.717) is 23.6 Å². The van der Waals surface area contributed by atoms with E-state index in [1.165, 1.54) is 38.4 Å². The summed E-state index contributed by atoms with van der Waals surface area (Å²) in [5.41, 5.74) is 0.454. The molecule has 1 aliphatic heterocycles. The summed E-state index contributed by atoms with van der Waals surface area (Å²) in [6, 6.07) is 8.75. The second kappa shape index (κ2) is 12.5. The fourth-order valence-corrected chi connectivity index (χ4v) is 6.61. The molecule has 2 aliphatic rings. The van der Waals surface area contributed by atoms with Gasteiger partial charge in [-0.2, -0.15) is 11.8 Å². The molecule has 1 aromatic rings. The summed E-state index contributed by atoms with van der Waals surface area (Å²) in [6.45, 7) is 3.08. The average Bonchev–Trinajstić information content (AvgIpc) is 3.13. The molecule has 0 saturated heterocycles. The predicted octanol–water partition coefficient (Wildman–Crippen LogP) is 6.10. The molecular weight excluding hydrogens is 470 g/mol. The van der Waals surface area contributed by atoms with Crippen LogP contribution >= 0.6 is 23.4 Å². The minimum atomic E-state index is -0.881. The van der Waals surface area contributed by atoms with Crippen molar-refractivity contribution in [3.8, 4) is 0 Å². The molecule has 1 heterocycles. The van der Waals surface area contributed by atoms with Crippen molar-refractivity contribution in [1.82, 2.24) is 9.80 Å². The molecule has 1 aliphatic carbocycles. The first-order chi connectivity index (χ1) is 16.3. The Balaban J connectivity index is 1.70. The zero-order valence-corrected chi connectivity index (χ0v) is 22.8. The summed E-state index contributed by atoms with van der Waals surface area (Å²) >= 11 is 7.79. The lowest BCUT2D eigenvalue weighted by Crippen LogP contribution is -2.51. The Labute approximate surface area is 214 Å². The maximum atomic E-state index is 12.1. The van der Waals surface area contributed by atoms with Crippen molar-refractivity contribution in [2.24, 2.45) is 16.8 Å². The first kappa shape index (κ1) is 27.2. The lowest BCUT2D eigenvalue weighted by molar-refractivity contribution is -0.0432. The van der Waals surface area contributed by atoms with Crippen molar-refractivity contribution in [3.63, 3.8) is 0 Å². The molecule has 1 aromatic carbocycles. The summed E-state index contributed by atoms with van der Waals surface area (Å²) in [4.78, 5) is 21.5. The van der Waals surface area contributed by atoms with E-state index >= 15 is 0 Å². The third-order valence-electron chi connectivity index (χ3n) is 7.27. The second-order valence-electron chi connectivity index (χ2n) is 9.81. The van der Waals surface area contributed by atoms with E-state index in [9.17, 15) is 4.79 Å². The molecule has 0 spiro atoms. The van der Waals surface area contributed by atoms with E-state index in [1.54, 1.807) is 11.8 Å². The number of nitrogens with zero attached hydrogens (tertiary/aromatic N) is 3. The van der Waals surface area contributed by atoms with Crippen LogP contribution in [-0.2, 0) is 9.47 Å². The number of thioether (sulfide) groups is 1. The fraction of sp³-hybridized carbons (Fsp3) is 0.692. The van der Waals surface area contributed by atoms with Gasteiger partial charge < -0.3 is 19.3 Å². The highest BCUT2D eigenvalue weighted by Crippen LogP contribution is 2.43. The van der Waals surface area contributed by atoms with Crippen LogP contribution in [0.3, 0.4) is 0 Å². The molecule has 190 valence electrons. The van der Waals surface area contributed by atoms with E-state index in [4.69, 9.17) is 26.1 Å². The Bertz CT molecular complexity index is 814. The first-order valence-electron chi connectivity index (χ1n) is 12.3. The summed E-state index contributed by atoms with van der Waals surface area (Å²) in [6.07, 6.45) is 9.97. The summed E-state index contributed by atoms with van der Waals surface area (Å²) in [5, 5.41) is 0.781. The standard InChI is InChI=1S/C26H40ClN3O3S/c1-6-15-30-18-28-26(17-34-5,33-25(31)32-4)23(30)16-19-7-9-20(10-8-19)24(29(2)3)21-11-13-22(27)14-12-21/h11-14,18-20,23-24H,6-10,15-17H2,1-5H3. The molecule has 0 bridgehead atoms. The van der Waals surface area contributed by atoms with Gasteiger partial charge in [0.15, 0.2) is 0 Å². The lowest BCUT2D eigenvalue weighted by Gasteiger charge is -2.41. The van der Waals surface area contributed by atoms with Gasteiger partial charge in [-0.25, -0.2) is 9.79 Å². The highest BCUT2D eigenvalue weighted by atomic mass is 35.5. The van der Waals surface area contributed by atoms with Crippen LogP contribution in [0.5, 0.6) is 0 Å². The Morgan fingerprint density at radius 1 is 1.26 bits per heavy atom. The summed E-state index contributed by atoms with van der Waals surface area (Å²) < 4.78 is 10.7. The molecule has 6 nitrogen and oxygen atoms in total. The normalized spacial score (nSPS) is 27.7. The van der Waals surface area contributed by atoms with Crippen LogP contribution in [0.1, 0.15) is 57.1 Å². The van der Waals surface area contributed by atoms with E-state index < -0.39 is 11.9 Å². The molecule has 34 heavy (non-hydrogen) atoms. The van der Waals surface area contributed by atoms with Crippen molar-refractivity contribution in [2.45, 2.75) is 63.3 Å². The van der Waals surface area contributed by atoms with E-state index in [1.807, 2.05) is 24.7 Å². The molecule has 3 unspecified atom stereocenters. The van der Waals surface area contributed by atoms with Crippen LogP contribution in [0.15, 0.2) is 29.3 Å². The molecular formula is C26H40ClN3O3S. The highest BCUT2D eigenvalue weighted by molar-refractivity contribution is 7.98. The van der Waals surface area contributed by atoms with Crippen LogP contribution in [-0.4, -0.2) is 73.8 Å². The van der Waals surface area contributed by atoms with Crippen LogP contribution in [0.4, 0.5) is 4.79 Å². The summed E-state index contributed by atoms with van der Waals surface area (Å²) in [5.74, 6) is 1.82. The maximum absolute atomic E-state index is 12.1. The van der Waals surface area contributed by atoms with Crippen molar-refractivity contribution >= 4 is 35.9 Å². The molecule has 8 heteroatoms. The molecule has 3 rings (SSSR count). The largest absolute Gasteiger partial charge is 0.510 e. The van der Waals surface area contributed by atoms with Gasteiger partial charge in [-0.1, -0.05) is 43.5 Å². The van der Waals surface area contributed by atoms with E-state index in [0.717, 1.165) is 24.4 Å². The van der Waals surface area contributed by atoms with Gasteiger partial charge in [0, 0.05) is 17.6 Å². The Kier molecular flexibility index (Phi) is 9.98. The van der Waals surface area contributed by atoms with Crippen LogP contribution in [0.25, 0.3) is 0 Å². The molecule has 1 saturated carbocycles. The quantitative estimate of drug-likeness (QED) is 0.355. The second-order valence-corrected chi connectivity index (χ2v) is 11.1. The number of methoxy groups -OCH3 is 1. The van der Waals surface area contributed by atoms with Gasteiger partial charge in [-0.3, -0.25) is 0 Å². The minimum absolute atomic E-state index is 0.0430. The van der Waals surface area contributed by atoms with Crippen molar-refractivity contribution in [3.05, 3.63) is 34.9 Å². The Hall–Kier alpha value is -1.44. The molecule has 1 fully saturated rings. The van der Waals surface area contributed by atoms with Gasteiger partial charge in [-0.05, 0) is 75.6 Å². The Morgan fingerprint density at radius 2 is 1.94 bits per heavy atom. The highest BCUT2D eigenvalue weighted by Gasteiger charge is 2.49. The molecule has 3 atom stereocenters. The molecule has 0 amide bonds. The predicted molar refractivity (Wildman–Crippen MR) is 142 cm³/mol. The maximum Gasteiger partial charge on any atom is 0.510 e. The van der Waals surface area contributed by atoms with Gasteiger partial charge in [0.2, 0.25) is 5.72 Å². The van der Waals surface area contributed by atoms with E-state index in [2.05, 4.69) is 43.0 Å². The third-order valence-corrected chi connectivity index (χ3v) is 8.22. The molecule has 0 radical (unpaired) electrons. The molecule has 0 N–H and O–H groups in total. The lowest BCUT2D eigenvalue weighted by atomic mass is 9.74. The van der Waals surface area contributed by atoms with Crippen LogP contribution in [0, 0.1) is 11.8 Å². The monoisotopic (exact) mass is 509 g/mol. The van der Waals surface area contributed by atoms with Gasteiger partial charge in [0.25, 0.3) is 0 Å².